The van der Waals surface area contributed by atoms with Gasteiger partial charge in [-0.05, 0) is 45.0 Å². The molecule has 0 saturated carbocycles. The van der Waals surface area contributed by atoms with Crippen LogP contribution in [0.1, 0.15) is 37.5 Å². The molecule has 2 aliphatic heterocycles. The molecule has 1 atom stereocenters. The molecule has 2 aliphatic rings. The van der Waals surface area contributed by atoms with Gasteiger partial charge in [-0.15, -0.1) is 0 Å². The molecule has 0 spiro atoms. The van der Waals surface area contributed by atoms with Crippen LogP contribution in [0.25, 0.3) is 0 Å². The van der Waals surface area contributed by atoms with Gasteiger partial charge in [-0.25, -0.2) is 9.18 Å². The number of carbonyl (C=O) groups is 1. The monoisotopic (exact) mass is 423 g/mol. The van der Waals surface area contributed by atoms with E-state index < -0.39 is 11.4 Å². The molecule has 2 aromatic rings. The lowest BCUT2D eigenvalue weighted by Gasteiger charge is -2.39. The molecule has 1 amide bonds. The van der Waals surface area contributed by atoms with Crippen molar-refractivity contribution in [3.8, 4) is 11.8 Å². The first-order chi connectivity index (χ1) is 14.7. The molecule has 1 unspecified atom stereocenters. The Labute approximate surface area is 181 Å². The van der Waals surface area contributed by atoms with Crippen molar-refractivity contribution < 1.29 is 18.7 Å². The van der Waals surface area contributed by atoms with Crippen molar-refractivity contribution in [3.63, 3.8) is 0 Å². The summed E-state index contributed by atoms with van der Waals surface area (Å²) >= 11 is 0. The van der Waals surface area contributed by atoms with Crippen molar-refractivity contribution in [1.29, 1.82) is 5.26 Å². The van der Waals surface area contributed by atoms with Crippen LogP contribution in [-0.4, -0.2) is 42.3 Å². The van der Waals surface area contributed by atoms with E-state index in [2.05, 4.69) is 11.0 Å². The number of halogens is 1. The number of fused-ring (bicyclic) bond motifs is 3. The zero-order valence-electron chi connectivity index (χ0n) is 18.0. The van der Waals surface area contributed by atoms with E-state index in [-0.39, 0.29) is 24.3 Å². The summed E-state index contributed by atoms with van der Waals surface area (Å²) in [7, 11) is 0. The molecule has 4 rings (SSSR count). The van der Waals surface area contributed by atoms with Gasteiger partial charge in [0, 0.05) is 42.9 Å². The quantitative estimate of drug-likeness (QED) is 0.738. The van der Waals surface area contributed by atoms with E-state index in [1.54, 1.807) is 17.0 Å². The summed E-state index contributed by atoms with van der Waals surface area (Å²) in [5.74, 6) is 0.275. The number of hydrogen-bond acceptors (Lipinski definition) is 5. The topological polar surface area (TPSA) is 65.8 Å². The van der Waals surface area contributed by atoms with Crippen LogP contribution in [0, 0.1) is 17.1 Å². The Bertz CT molecular complexity index is 1040. The van der Waals surface area contributed by atoms with E-state index >= 15 is 0 Å². The van der Waals surface area contributed by atoms with Gasteiger partial charge in [-0.3, -0.25) is 0 Å². The maximum Gasteiger partial charge on any atom is 0.410 e. The average Bonchev–Trinajstić information content (AvgIpc) is 3.10. The van der Waals surface area contributed by atoms with E-state index in [1.165, 1.54) is 6.07 Å². The molecule has 31 heavy (non-hydrogen) atoms. The van der Waals surface area contributed by atoms with Crippen molar-refractivity contribution in [3.05, 3.63) is 58.9 Å². The first-order valence-corrected chi connectivity index (χ1v) is 10.4. The highest BCUT2D eigenvalue weighted by Crippen LogP contribution is 2.40. The molecular weight excluding hydrogens is 397 g/mol. The Balaban J connectivity index is 1.46. The Morgan fingerprint density at radius 2 is 2.06 bits per heavy atom. The van der Waals surface area contributed by atoms with Crippen molar-refractivity contribution in [2.24, 2.45) is 0 Å². The molecule has 1 saturated heterocycles. The number of rotatable bonds is 3. The number of carbonyl (C=O) groups excluding carboxylic acids is 1. The molecule has 2 aromatic carbocycles. The van der Waals surface area contributed by atoms with Crippen LogP contribution in [0.4, 0.5) is 14.9 Å². The SMILES string of the molecule is CC(C)(C)OC(=O)N1CCN2c3cccc(OCc4ccc(C#N)cc4F)c3CC2C1. The van der Waals surface area contributed by atoms with Crippen LogP contribution in [-0.2, 0) is 17.8 Å². The van der Waals surface area contributed by atoms with Gasteiger partial charge in [-0.1, -0.05) is 12.1 Å². The van der Waals surface area contributed by atoms with E-state index in [9.17, 15) is 9.18 Å². The normalized spacial score (nSPS) is 17.6. The van der Waals surface area contributed by atoms with Crippen LogP contribution < -0.4 is 9.64 Å². The number of hydrogen-bond donors (Lipinski definition) is 0. The summed E-state index contributed by atoms with van der Waals surface area (Å²) in [5.41, 5.74) is 2.35. The van der Waals surface area contributed by atoms with Gasteiger partial charge < -0.3 is 19.3 Å². The lowest BCUT2D eigenvalue weighted by Crippen LogP contribution is -2.54. The van der Waals surface area contributed by atoms with Crippen LogP contribution in [0.5, 0.6) is 5.75 Å². The molecule has 0 aromatic heterocycles. The molecular formula is C24H26FN3O3. The fourth-order valence-electron chi connectivity index (χ4n) is 4.13. The number of nitrogens with zero attached hydrogens (tertiary/aromatic N) is 3. The van der Waals surface area contributed by atoms with E-state index in [1.807, 2.05) is 39.0 Å². The van der Waals surface area contributed by atoms with Gasteiger partial charge in [0.15, 0.2) is 0 Å². The minimum Gasteiger partial charge on any atom is -0.488 e. The van der Waals surface area contributed by atoms with Crippen molar-refractivity contribution in [1.82, 2.24) is 4.90 Å². The molecule has 0 N–H and O–H groups in total. The second-order valence-corrected chi connectivity index (χ2v) is 8.94. The van der Waals surface area contributed by atoms with E-state index in [0.29, 0.717) is 18.7 Å². The van der Waals surface area contributed by atoms with Crippen LogP contribution in [0.2, 0.25) is 0 Å². The molecule has 0 aliphatic carbocycles. The van der Waals surface area contributed by atoms with Gasteiger partial charge in [0.2, 0.25) is 0 Å². The summed E-state index contributed by atoms with van der Waals surface area (Å²) in [4.78, 5) is 16.6. The average molecular weight is 423 g/mol. The van der Waals surface area contributed by atoms with E-state index in [0.717, 1.165) is 30.0 Å². The molecule has 0 bridgehead atoms. The molecule has 7 heteroatoms. The summed E-state index contributed by atoms with van der Waals surface area (Å²) < 4.78 is 25.7. The van der Waals surface area contributed by atoms with Crippen LogP contribution in [0.3, 0.4) is 0 Å². The fourth-order valence-corrected chi connectivity index (χ4v) is 4.13. The summed E-state index contributed by atoms with van der Waals surface area (Å²) in [6, 6.07) is 12.4. The lowest BCUT2D eigenvalue weighted by molar-refractivity contribution is 0.0217. The summed E-state index contributed by atoms with van der Waals surface area (Å²) in [6.45, 7) is 7.61. The minimum absolute atomic E-state index is 0.0860. The number of piperazine rings is 1. The van der Waals surface area contributed by atoms with Gasteiger partial charge >= 0.3 is 6.09 Å². The third-order valence-electron chi connectivity index (χ3n) is 5.56. The van der Waals surface area contributed by atoms with Crippen molar-refractivity contribution in [2.75, 3.05) is 24.5 Å². The molecule has 1 fully saturated rings. The van der Waals surface area contributed by atoms with Crippen LogP contribution in [0.15, 0.2) is 36.4 Å². The molecule has 162 valence electrons. The number of anilines is 1. The largest absolute Gasteiger partial charge is 0.488 e. The second-order valence-electron chi connectivity index (χ2n) is 8.94. The number of ether oxygens (including phenoxy) is 2. The van der Waals surface area contributed by atoms with Gasteiger partial charge in [-0.2, -0.15) is 5.26 Å². The highest BCUT2D eigenvalue weighted by molar-refractivity contribution is 5.70. The lowest BCUT2D eigenvalue weighted by atomic mass is 10.1. The molecule has 0 radical (unpaired) electrons. The van der Waals surface area contributed by atoms with Crippen molar-refractivity contribution >= 4 is 11.8 Å². The smallest absolute Gasteiger partial charge is 0.410 e. The summed E-state index contributed by atoms with van der Waals surface area (Å²) in [5, 5.41) is 8.89. The Kier molecular flexibility index (Phi) is 5.48. The maximum absolute atomic E-state index is 14.2. The predicted molar refractivity (Wildman–Crippen MR) is 115 cm³/mol. The van der Waals surface area contributed by atoms with Gasteiger partial charge in [0.1, 0.15) is 23.8 Å². The standard InChI is InChI=1S/C24H26FN3O3/c1-24(2,3)31-23(29)27-9-10-28-18(14-27)12-19-21(28)5-4-6-22(19)30-15-17-8-7-16(13-26)11-20(17)25/h4-8,11,18H,9-10,12,14-15H2,1-3H3. The van der Waals surface area contributed by atoms with Gasteiger partial charge in [0.05, 0.1) is 17.7 Å². The fraction of sp³-hybridized carbons (Fsp3) is 0.417. The summed E-state index contributed by atoms with van der Waals surface area (Å²) in [6.07, 6.45) is 0.469. The number of amides is 1. The Hall–Kier alpha value is -3.27. The maximum atomic E-state index is 14.2. The third-order valence-corrected chi connectivity index (χ3v) is 5.56. The third kappa shape index (κ3) is 4.43. The Morgan fingerprint density at radius 3 is 2.77 bits per heavy atom. The number of nitriles is 1. The predicted octanol–water partition coefficient (Wildman–Crippen LogP) is 4.26. The highest BCUT2D eigenvalue weighted by atomic mass is 19.1. The minimum atomic E-state index is -0.519. The van der Waals surface area contributed by atoms with Gasteiger partial charge in [0.25, 0.3) is 0 Å². The molecule has 6 nitrogen and oxygen atoms in total. The second kappa shape index (κ2) is 8.10. The van der Waals surface area contributed by atoms with Crippen LogP contribution >= 0.6 is 0 Å². The highest BCUT2D eigenvalue weighted by Gasteiger charge is 2.38. The zero-order chi connectivity index (χ0) is 22.2. The van der Waals surface area contributed by atoms with E-state index in [4.69, 9.17) is 14.7 Å². The van der Waals surface area contributed by atoms with Crippen molar-refractivity contribution in [2.45, 2.75) is 45.4 Å². The number of benzene rings is 2. The zero-order valence-corrected chi connectivity index (χ0v) is 18.0. The first-order valence-electron chi connectivity index (χ1n) is 10.4. The first kappa shape index (κ1) is 21.0. The molecule has 2 heterocycles. The Morgan fingerprint density at radius 1 is 1.26 bits per heavy atom.